The first-order valence-corrected chi connectivity index (χ1v) is 7.04. The van der Waals surface area contributed by atoms with Crippen LogP contribution in [0.4, 0.5) is 13.2 Å². The Bertz CT molecular complexity index is 903. The summed E-state index contributed by atoms with van der Waals surface area (Å²) in [6.45, 7) is 0. The van der Waals surface area contributed by atoms with Gasteiger partial charge in [-0.05, 0) is 24.3 Å². The second kappa shape index (κ2) is 5.96. The summed E-state index contributed by atoms with van der Waals surface area (Å²) in [6, 6.07) is 11.4. The highest BCUT2D eigenvalue weighted by Crippen LogP contribution is 2.33. The van der Waals surface area contributed by atoms with E-state index in [1.165, 1.54) is 19.2 Å². The van der Waals surface area contributed by atoms with Gasteiger partial charge in [0.25, 0.3) is 0 Å². The first-order chi connectivity index (χ1) is 11.4. The first-order valence-electron chi connectivity index (χ1n) is 7.04. The van der Waals surface area contributed by atoms with E-state index in [0.717, 1.165) is 17.5 Å². The van der Waals surface area contributed by atoms with Crippen molar-refractivity contribution in [2.24, 2.45) is 0 Å². The summed E-state index contributed by atoms with van der Waals surface area (Å²) in [5.41, 5.74) is 1.27. The molecule has 0 saturated carbocycles. The highest BCUT2D eigenvalue weighted by molar-refractivity contribution is 5.92. The van der Waals surface area contributed by atoms with Crippen molar-refractivity contribution in [1.29, 1.82) is 0 Å². The van der Waals surface area contributed by atoms with Crippen LogP contribution in [-0.4, -0.2) is 18.4 Å². The zero-order chi connectivity index (χ0) is 17.3. The number of carbonyl (C=O) groups is 1. The number of pyridine rings is 1. The van der Waals surface area contributed by atoms with Crippen LogP contribution in [0, 0.1) is 0 Å². The lowest BCUT2D eigenvalue weighted by molar-refractivity contribution is -0.137. The van der Waals surface area contributed by atoms with Crippen molar-refractivity contribution in [2.45, 2.75) is 6.18 Å². The standard InChI is InChI=1S/C18H12F3NO2/c1-24-17-9-15(12-3-5-13(6-4-12)18(19,20)21)22-16-8-11(10-23)2-7-14(16)17/h2-10H,1H3. The highest BCUT2D eigenvalue weighted by Gasteiger charge is 2.30. The molecule has 0 spiro atoms. The van der Waals surface area contributed by atoms with E-state index in [1.807, 2.05) is 0 Å². The van der Waals surface area contributed by atoms with Crippen molar-refractivity contribution in [3.63, 3.8) is 0 Å². The lowest BCUT2D eigenvalue weighted by Crippen LogP contribution is -2.04. The third-order valence-corrected chi connectivity index (χ3v) is 3.66. The number of carbonyl (C=O) groups excluding carboxylic acids is 1. The maximum absolute atomic E-state index is 12.7. The summed E-state index contributed by atoms with van der Waals surface area (Å²) in [4.78, 5) is 15.4. The number of halogens is 3. The Hall–Kier alpha value is -2.89. The molecule has 1 heterocycles. The number of hydrogen-bond acceptors (Lipinski definition) is 3. The molecule has 0 N–H and O–H groups in total. The summed E-state index contributed by atoms with van der Waals surface area (Å²) in [6.07, 6.45) is -3.68. The minimum Gasteiger partial charge on any atom is -0.496 e. The van der Waals surface area contributed by atoms with Crippen LogP contribution in [0.1, 0.15) is 15.9 Å². The fraction of sp³-hybridized carbons (Fsp3) is 0.111. The van der Waals surface area contributed by atoms with E-state index in [-0.39, 0.29) is 0 Å². The Morgan fingerprint density at radius 1 is 1.04 bits per heavy atom. The van der Waals surface area contributed by atoms with Crippen LogP contribution < -0.4 is 4.74 Å². The van der Waals surface area contributed by atoms with E-state index >= 15 is 0 Å². The summed E-state index contributed by atoms with van der Waals surface area (Å²) in [7, 11) is 1.50. The van der Waals surface area contributed by atoms with Crippen molar-refractivity contribution in [1.82, 2.24) is 4.98 Å². The number of benzene rings is 2. The number of hydrogen-bond donors (Lipinski definition) is 0. The minimum atomic E-state index is -4.38. The van der Waals surface area contributed by atoms with E-state index in [2.05, 4.69) is 4.98 Å². The molecule has 3 nitrogen and oxygen atoms in total. The fourth-order valence-electron chi connectivity index (χ4n) is 2.43. The van der Waals surface area contributed by atoms with Gasteiger partial charge in [-0.2, -0.15) is 13.2 Å². The lowest BCUT2D eigenvalue weighted by atomic mass is 10.1. The molecule has 0 saturated heterocycles. The third-order valence-electron chi connectivity index (χ3n) is 3.66. The summed E-state index contributed by atoms with van der Waals surface area (Å²) < 4.78 is 43.3. The minimum absolute atomic E-state index is 0.460. The number of aldehydes is 1. The monoisotopic (exact) mass is 331 g/mol. The van der Waals surface area contributed by atoms with Gasteiger partial charge >= 0.3 is 6.18 Å². The predicted molar refractivity (Wildman–Crippen MR) is 84.1 cm³/mol. The summed E-state index contributed by atoms with van der Waals surface area (Å²) in [5.74, 6) is 0.535. The smallest absolute Gasteiger partial charge is 0.416 e. The molecule has 0 bridgehead atoms. The molecule has 6 heteroatoms. The van der Waals surface area contributed by atoms with Crippen LogP contribution in [0.5, 0.6) is 5.75 Å². The quantitative estimate of drug-likeness (QED) is 0.651. The highest BCUT2D eigenvalue weighted by atomic mass is 19.4. The van der Waals surface area contributed by atoms with Gasteiger partial charge in [-0.15, -0.1) is 0 Å². The molecule has 0 fully saturated rings. The number of methoxy groups -OCH3 is 1. The molecule has 1 aromatic heterocycles. The van der Waals surface area contributed by atoms with Crippen LogP contribution in [0.3, 0.4) is 0 Å². The molecule has 0 unspecified atom stereocenters. The maximum atomic E-state index is 12.7. The van der Waals surface area contributed by atoms with Crippen molar-refractivity contribution in [3.05, 3.63) is 59.7 Å². The normalized spacial score (nSPS) is 11.5. The van der Waals surface area contributed by atoms with Crippen LogP contribution >= 0.6 is 0 Å². The van der Waals surface area contributed by atoms with Gasteiger partial charge in [0.1, 0.15) is 12.0 Å². The van der Waals surface area contributed by atoms with Crippen LogP contribution in [-0.2, 0) is 6.18 Å². The molecule has 3 rings (SSSR count). The molecular formula is C18H12F3NO2. The Labute approximate surface area is 135 Å². The Kier molecular flexibility index (Phi) is 3.97. The molecule has 0 aliphatic rings. The molecule has 122 valence electrons. The number of fused-ring (bicyclic) bond motifs is 1. The molecule has 3 aromatic rings. The van der Waals surface area contributed by atoms with Gasteiger partial charge in [-0.3, -0.25) is 4.79 Å². The number of alkyl halides is 3. The summed E-state index contributed by atoms with van der Waals surface area (Å²) >= 11 is 0. The van der Waals surface area contributed by atoms with E-state index in [4.69, 9.17) is 4.74 Å². The predicted octanol–water partition coefficient (Wildman–Crippen LogP) is 4.74. The fourth-order valence-corrected chi connectivity index (χ4v) is 2.43. The van der Waals surface area contributed by atoms with Gasteiger partial charge < -0.3 is 4.74 Å². The Morgan fingerprint density at radius 2 is 1.75 bits per heavy atom. The Morgan fingerprint density at radius 3 is 2.33 bits per heavy atom. The van der Waals surface area contributed by atoms with Gasteiger partial charge in [-0.25, -0.2) is 4.98 Å². The number of rotatable bonds is 3. The van der Waals surface area contributed by atoms with Gasteiger partial charge in [0, 0.05) is 22.6 Å². The zero-order valence-corrected chi connectivity index (χ0v) is 12.6. The average molecular weight is 331 g/mol. The van der Waals surface area contributed by atoms with E-state index in [1.54, 1.807) is 24.3 Å². The number of nitrogens with zero attached hydrogens (tertiary/aromatic N) is 1. The lowest BCUT2D eigenvalue weighted by Gasteiger charge is -2.10. The molecule has 2 aromatic carbocycles. The molecule has 0 aliphatic carbocycles. The SMILES string of the molecule is COc1cc(-c2ccc(C(F)(F)F)cc2)nc2cc(C=O)ccc12. The van der Waals surface area contributed by atoms with Crippen LogP contribution in [0.15, 0.2) is 48.5 Å². The second-order valence-electron chi connectivity index (χ2n) is 5.18. The Balaban J connectivity index is 2.13. The van der Waals surface area contributed by atoms with E-state index in [0.29, 0.717) is 34.4 Å². The number of ether oxygens (including phenoxy) is 1. The van der Waals surface area contributed by atoms with Crippen LogP contribution in [0.25, 0.3) is 22.2 Å². The molecule has 0 radical (unpaired) electrons. The van der Waals surface area contributed by atoms with E-state index < -0.39 is 11.7 Å². The van der Waals surface area contributed by atoms with Crippen LogP contribution in [0.2, 0.25) is 0 Å². The number of aromatic nitrogens is 1. The molecule has 0 atom stereocenters. The van der Waals surface area contributed by atoms with Crippen molar-refractivity contribution in [2.75, 3.05) is 7.11 Å². The molecule has 0 amide bonds. The van der Waals surface area contributed by atoms with Crippen molar-refractivity contribution < 1.29 is 22.7 Å². The zero-order valence-electron chi connectivity index (χ0n) is 12.6. The second-order valence-corrected chi connectivity index (χ2v) is 5.18. The molecule has 24 heavy (non-hydrogen) atoms. The van der Waals surface area contributed by atoms with Gasteiger partial charge in [0.05, 0.1) is 23.9 Å². The molecule has 0 aliphatic heterocycles. The maximum Gasteiger partial charge on any atom is 0.416 e. The van der Waals surface area contributed by atoms with Gasteiger partial charge in [0.2, 0.25) is 0 Å². The van der Waals surface area contributed by atoms with Crippen molar-refractivity contribution in [3.8, 4) is 17.0 Å². The van der Waals surface area contributed by atoms with Gasteiger partial charge in [-0.1, -0.05) is 18.2 Å². The largest absolute Gasteiger partial charge is 0.496 e. The first kappa shape index (κ1) is 16.0. The molecular weight excluding hydrogens is 319 g/mol. The average Bonchev–Trinajstić information content (AvgIpc) is 2.59. The van der Waals surface area contributed by atoms with E-state index in [9.17, 15) is 18.0 Å². The van der Waals surface area contributed by atoms with Gasteiger partial charge in [0.15, 0.2) is 0 Å². The topological polar surface area (TPSA) is 39.2 Å². The summed E-state index contributed by atoms with van der Waals surface area (Å²) in [5, 5.41) is 0.721. The van der Waals surface area contributed by atoms with Crippen molar-refractivity contribution >= 4 is 17.2 Å². The third kappa shape index (κ3) is 2.95.